The molecule has 0 aliphatic carbocycles. The highest BCUT2D eigenvalue weighted by Gasteiger charge is 2.45. The van der Waals surface area contributed by atoms with Gasteiger partial charge in [0.05, 0.1) is 6.61 Å². The molecule has 120 valence electrons. The highest BCUT2D eigenvalue weighted by molar-refractivity contribution is 5.90. The molecule has 1 aliphatic heterocycles. The summed E-state index contributed by atoms with van der Waals surface area (Å²) in [6, 6.07) is 13.9. The van der Waals surface area contributed by atoms with Crippen LogP contribution < -0.4 is 0 Å². The number of ether oxygens (including phenoxy) is 2. The molecule has 4 nitrogen and oxygen atoms in total. The molecule has 2 aromatic rings. The van der Waals surface area contributed by atoms with E-state index in [0.29, 0.717) is 12.4 Å². The van der Waals surface area contributed by atoms with Crippen molar-refractivity contribution in [3.05, 3.63) is 59.4 Å². The van der Waals surface area contributed by atoms with Crippen LogP contribution in [0.2, 0.25) is 0 Å². The van der Waals surface area contributed by atoms with Crippen molar-refractivity contribution < 1.29 is 19.4 Å². The molecule has 2 aromatic carbocycles. The first kappa shape index (κ1) is 15.6. The third-order valence-electron chi connectivity index (χ3n) is 4.06. The Labute approximate surface area is 135 Å². The molecule has 0 radical (unpaired) electrons. The number of hydrogen-bond acceptors (Lipinski definition) is 3. The smallest absolute Gasteiger partial charge is 0.338 e. The monoisotopic (exact) mass is 312 g/mol. The van der Waals surface area contributed by atoms with Crippen molar-refractivity contribution in [2.24, 2.45) is 0 Å². The number of carboxylic acid groups (broad SMARTS) is 1. The quantitative estimate of drug-likeness (QED) is 0.925. The summed E-state index contributed by atoms with van der Waals surface area (Å²) in [5.74, 6) is -0.595. The number of fused-ring (bicyclic) bond motifs is 1. The van der Waals surface area contributed by atoms with Crippen molar-refractivity contribution in [3.63, 3.8) is 0 Å². The number of carboxylic acids is 1. The first-order valence-electron chi connectivity index (χ1n) is 7.71. The molecule has 1 aliphatic rings. The van der Waals surface area contributed by atoms with Crippen LogP contribution in [0.4, 0.5) is 0 Å². The Balaban J connectivity index is 2.11. The lowest BCUT2D eigenvalue weighted by Crippen LogP contribution is -2.24. The second-order valence-corrected chi connectivity index (χ2v) is 6.10. The Bertz CT molecular complexity index is 789. The molecule has 4 heteroatoms. The van der Waals surface area contributed by atoms with Crippen LogP contribution in [0.1, 0.15) is 32.4 Å². The van der Waals surface area contributed by atoms with E-state index in [0.717, 1.165) is 16.3 Å². The van der Waals surface area contributed by atoms with Crippen LogP contribution in [0.5, 0.6) is 0 Å². The maximum absolute atomic E-state index is 11.8. The molecule has 0 aromatic heterocycles. The Morgan fingerprint density at radius 3 is 2.57 bits per heavy atom. The molecule has 0 unspecified atom stereocenters. The van der Waals surface area contributed by atoms with E-state index in [1.165, 1.54) is 0 Å². The zero-order chi connectivity index (χ0) is 16.6. The van der Waals surface area contributed by atoms with Crippen molar-refractivity contribution >= 4 is 16.7 Å². The second-order valence-electron chi connectivity index (χ2n) is 6.10. The Morgan fingerprint density at radius 1 is 1.22 bits per heavy atom. The summed E-state index contributed by atoms with van der Waals surface area (Å²) in [6.07, 6.45) is -0.631. The summed E-state index contributed by atoms with van der Waals surface area (Å²) < 4.78 is 11.6. The first-order valence-corrected chi connectivity index (χ1v) is 7.71. The maximum atomic E-state index is 11.8. The highest BCUT2D eigenvalue weighted by atomic mass is 16.6. The van der Waals surface area contributed by atoms with Gasteiger partial charge in [-0.3, -0.25) is 0 Å². The van der Waals surface area contributed by atoms with Gasteiger partial charge >= 0.3 is 5.97 Å². The van der Waals surface area contributed by atoms with E-state index >= 15 is 0 Å². The van der Waals surface area contributed by atoms with Crippen LogP contribution in [-0.4, -0.2) is 23.3 Å². The van der Waals surface area contributed by atoms with E-state index in [1.807, 2.05) is 63.2 Å². The average molecular weight is 312 g/mol. The van der Waals surface area contributed by atoms with E-state index in [4.69, 9.17) is 9.47 Å². The SMILES string of the molecule is CCOC1=C(C(=O)O)[C@H](c2ccc3ccccc3c2)OC1(C)C. The van der Waals surface area contributed by atoms with Gasteiger partial charge in [-0.1, -0.05) is 36.4 Å². The lowest BCUT2D eigenvalue weighted by molar-refractivity contribution is -0.134. The summed E-state index contributed by atoms with van der Waals surface area (Å²) in [4.78, 5) is 11.8. The third-order valence-corrected chi connectivity index (χ3v) is 4.06. The fourth-order valence-corrected chi connectivity index (χ4v) is 3.06. The zero-order valence-electron chi connectivity index (χ0n) is 13.5. The summed E-state index contributed by atoms with van der Waals surface area (Å²) in [5, 5.41) is 11.8. The van der Waals surface area contributed by atoms with Crippen molar-refractivity contribution in [3.8, 4) is 0 Å². The number of benzene rings is 2. The molecule has 0 bridgehead atoms. The molecular weight excluding hydrogens is 292 g/mol. The van der Waals surface area contributed by atoms with Crippen molar-refractivity contribution in [1.82, 2.24) is 0 Å². The Morgan fingerprint density at radius 2 is 1.91 bits per heavy atom. The predicted molar refractivity (Wildman–Crippen MR) is 88.1 cm³/mol. The third kappa shape index (κ3) is 2.70. The van der Waals surface area contributed by atoms with E-state index in [-0.39, 0.29) is 5.57 Å². The van der Waals surface area contributed by atoms with Crippen molar-refractivity contribution in [2.45, 2.75) is 32.5 Å². The molecular formula is C19H20O4. The van der Waals surface area contributed by atoms with Crippen molar-refractivity contribution in [2.75, 3.05) is 6.61 Å². The first-order chi connectivity index (χ1) is 10.9. The van der Waals surface area contributed by atoms with Gasteiger partial charge in [0.2, 0.25) is 0 Å². The van der Waals surface area contributed by atoms with Gasteiger partial charge in [-0.15, -0.1) is 0 Å². The fraction of sp³-hybridized carbons (Fsp3) is 0.316. The van der Waals surface area contributed by atoms with Gasteiger partial charge in [0.15, 0.2) is 0 Å². The predicted octanol–water partition coefficient (Wildman–Crippen LogP) is 4.06. The topological polar surface area (TPSA) is 55.8 Å². The summed E-state index contributed by atoms with van der Waals surface area (Å²) in [5.41, 5.74) is 0.246. The minimum Gasteiger partial charge on any atom is -0.494 e. The van der Waals surface area contributed by atoms with Gasteiger partial charge in [-0.05, 0) is 43.2 Å². The van der Waals surface area contributed by atoms with Crippen LogP contribution in [0.15, 0.2) is 53.8 Å². The molecule has 1 N–H and O–H groups in total. The molecule has 0 spiro atoms. The lowest BCUT2D eigenvalue weighted by atomic mass is 9.97. The number of hydrogen-bond donors (Lipinski definition) is 1. The largest absolute Gasteiger partial charge is 0.494 e. The average Bonchev–Trinajstić information content (AvgIpc) is 2.79. The van der Waals surface area contributed by atoms with Gasteiger partial charge < -0.3 is 14.6 Å². The molecule has 0 saturated heterocycles. The lowest BCUT2D eigenvalue weighted by Gasteiger charge is -2.23. The van der Waals surface area contributed by atoms with E-state index in [2.05, 4.69) is 0 Å². The summed E-state index contributed by atoms with van der Waals surface area (Å²) in [7, 11) is 0. The van der Waals surface area contributed by atoms with E-state index in [9.17, 15) is 9.90 Å². The maximum Gasteiger partial charge on any atom is 0.338 e. The van der Waals surface area contributed by atoms with Crippen LogP contribution in [0.3, 0.4) is 0 Å². The Kier molecular flexibility index (Phi) is 3.86. The minimum atomic E-state index is -1.00. The Hall–Kier alpha value is -2.33. The summed E-state index contributed by atoms with van der Waals surface area (Å²) in [6.45, 7) is 5.92. The van der Waals surface area contributed by atoms with Gasteiger partial charge in [0.25, 0.3) is 0 Å². The molecule has 23 heavy (non-hydrogen) atoms. The van der Waals surface area contributed by atoms with Gasteiger partial charge in [0, 0.05) is 0 Å². The number of carbonyl (C=O) groups is 1. The number of rotatable bonds is 4. The van der Waals surface area contributed by atoms with Crippen LogP contribution in [0, 0.1) is 0 Å². The summed E-state index contributed by atoms with van der Waals surface area (Å²) >= 11 is 0. The van der Waals surface area contributed by atoms with Crippen molar-refractivity contribution in [1.29, 1.82) is 0 Å². The molecule has 1 atom stereocenters. The van der Waals surface area contributed by atoms with Crippen LogP contribution in [-0.2, 0) is 14.3 Å². The van der Waals surface area contributed by atoms with Gasteiger partial charge in [-0.25, -0.2) is 4.79 Å². The van der Waals surface area contributed by atoms with Crippen LogP contribution >= 0.6 is 0 Å². The molecule has 1 heterocycles. The zero-order valence-corrected chi connectivity index (χ0v) is 13.5. The fourth-order valence-electron chi connectivity index (χ4n) is 3.06. The van der Waals surface area contributed by atoms with Gasteiger partial charge in [0.1, 0.15) is 23.0 Å². The van der Waals surface area contributed by atoms with E-state index in [1.54, 1.807) is 0 Å². The second kappa shape index (κ2) is 5.70. The van der Waals surface area contributed by atoms with Gasteiger partial charge in [-0.2, -0.15) is 0 Å². The molecule has 3 rings (SSSR count). The standard InChI is InChI=1S/C19H20O4/c1-4-22-17-15(18(20)21)16(23-19(17,2)3)14-10-9-12-7-5-6-8-13(12)11-14/h5-11,16H,4H2,1-3H3,(H,20,21)/t16-/m0/s1. The number of aliphatic carboxylic acids is 1. The highest BCUT2D eigenvalue weighted by Crippen LogP contribution is 2.44. The molecule has 0 amide bonds. The normalized spacial score (nSPS) is 20.0. The molecule has 0 saturated carbocycles. The minimum absolute atomic E-state index is 0.187. The van der Waals surface area contributed by atoms with E-state index < -0.39 is 17.7 Å². The van der Waals surface area contributed by atoms with Crippen LogP contribution in [0.25, 0.3) is 10.8 Å². The molecule has 0 fully saturated rings.